The molecule has 3 aromatic rings. The number of aromatic nitrogens is 2. The van der Waals surface area contributed by atoms with E-state index in [-0.39, 0.29) is 6.61 Å². The van der Waals surface area contributed by atoms with Crippen molar-refractivity contribution < 1.29 is 13.9 Å². The second-order valence-corrected chi connectivity index (χ2v) is 5.31. The summed E-state index contributed by atoms with van der Waals surface area (Å²) in [5, 5.41) is 8.08. The molecule has 3 rings (SSSR count). The molecule has 0 saturated heterocycles. The van der Waals surface area contributed by atoms with Gasteiger partial charge in [-0.1, -0.05) is 23.8 Å². The van der Waals surface area contributed by atoms with E-state index in [0.717, 1.165) is 11.1 Å². The van der Waals surface area contributed by atoms with Gasteiger partial charge in [-0.15, -0.1) is 10.2 Å². The van der Waals surface area contributed by atoms with Crippen molar-refractivity contribution in [1.82, 2.24) is 10.2 Å². The first kappa shape index (κ1) is 15.1. The quantitative estimate of drug-likeness (QED) is 0.714. The Balaban J connectivity index is 1.71. The van der Waals surface area contributed by atoms with Crippen LogP contribution in [0.3, 0.4) is 0 Å². The summed E-state index contributed by atoms with van der Waals surface area (Å²) >= 11 is 0. The van der Waals surface area contributed by atoms with E-state index in [1.165, 1.54) is 5.56 Å². The van der Waals surface area contributed by atoms with Gasteiger partial charge in [-0.3, -0.25) is 0 Å². The molecule has 0 N–H and O–H groups in total. The lowest BCUT2D eigenvalue weighted by Gasteiger charge is -2.09. The zero-order valence-electron chi connectivity index (χ0n) is 13.4. The monoisotopic (exact) mass is 310 g/mol. The van der Waals surface area contributed by atoms with Crippen LogP contribution < -0.4 is 9.47 Å². The Morgan fingerprint density at radius 3 is 2.39 bits per heavy atom. The Morgan fingerprint density at radius 2 is 1.65 bits per heavy atom. The van der Waals surface area contributed by atoms with Crippen molar-refractivity contribution in [3.8, 4) is 23.0 Å². The summed E-state index contributed by atoms with van der Waals surface area (Å²) < 4.78 is 16.7. The van der Waals surface area contributed by atoms with Crippen LogP contribution in [0.4, 0.5) is 0 Å². The van der Waals surface area contributed by atoms with Gasteiger partial charge >= 0.3 is 0 Å². The molecule has 23 heavy (non-hydrogen) atoms. The average Bonchev–Trinajstić information content (AvgIpc) is 3.03. The van der Waals surface area contributed by atoms with Crippen LogP contribution in [0.1, 0.15) is 17.0 Å². The number of aryl methyl sites for hydroxylation is 2. The highest BCUT2D eigenvalue weighted by atomic mass is 16.5. The second kappa shape index (κ2) is 6.52. The molecule has 118 valence electrons. The zero-order valence-corrected chi connectivity index (χ0v) is 13.4. The van der Waals surface area contributed by atoms with Gasteiger partial charge in [-0.05, 0) is 43.7 Å². The maximum Gasteiger partial charge on any atom is 0.254 e. The summed E-state index contributed by atoms with van der Waals surface area (Å²) in [5.41, 5.74) is 3.18. The fourth-order valence-electron chi connectivity index (χ4n) is 2.16. The Bertz CT molecular complexity index is 794. The minimum Gasteiger partial charge on any atom is -0.493 e. The van der Waals surface area contributed by atoms with Crippen molar-refractivity contribution in [2.45, 2.75) is 20.5 Å². The number of ether oxygens (including phenoxy) is 2. The van der Waals surface area contributed by atoms with E-state index in [2.05, 4.69) is 10.2 Å². The summed E-state index contributed by atoms with van der Waals surface area (Å²) in [5.74, 6) is 2.24. The predicted molar refractivity (Wildman–Crippen MR) is 86.5 cm³/mol. The largest absolute Gasteiger partial charge is 0.493 e. The van der Waals surface area contributed by atoms with Gasteiger partial charge in [0.25, 0.3) is 5.89 Å². The number of nitrogens with zero attached hydrogens (tertiary/aromatic N) is 2. The zero-order chi connectivity index (χ0) is 16.2. The molecule has 0 aliphatic heterocycles. The number of hydrogen-bond donors (Lipinski definition) is 0. The summed E-state index contributed by atoms with van der Waals surface area (Å²) in [6.07, 6.45) is 0. The van der Waals surface area contributed by atoms with Gasteiger partial charge in [-0.2, -0.15) is 0 Å². The molecule has 0 unspecified atom stereocenters. The minimum absolute atomic E-state index is 0.193. The first-order valence-electron chi connectivity index (χ1n) is 7.32. The van der Waals surface area contributed by atoms with Gasteiger partial charge in [-0.25, -0.2) is 0 Å². The molecule has 0 amide bonds. The SMILES string of the molecule is COc1cc(C)ccc1OCc1nnc(-c2ccc(C)cc2)o1. The van der Waals surface area contributed by atoms with E-state index in [9.17, 15) is 0 Å². The number of hydrogen-bond acceptors (Lipinski definition) is 5. The van der Waals surface area contributed by atoms with Crippen molar-refractivity contribution in [1.29, 1.82) is 0 Å². The topological polar surface area (TPSA) is 57.4 Å². The van der Waals surface area contributed by atoms with E-state index in [4.69, 9.17) is 13.9 Å². The Morgan fingerprint density at radius 1 is 0.913 bits per heavy atom. The maximum absolute atomic E-state index is 5.72. The lowest BCUT2D eigenvalue weighted by molar-refractivity contribution is 0.251. The predicted octanol–water partition coefficient (Wildman–Crippen LogP) is 3.94. The maximum atomic E-state index is 5.72. The van der Waals surface area contributed by atoms with Crippen LogP contribution in [0.2, 0.25) is 0 Å². The lowest BCUT2D eigenvalue weighted by Crippen LogP contribution is -1.98. The Kier molecular flexibility index (Phi) is 4.28. The number of methoxy groups -OCH3 is 1. The fourth-order valence-corrected chi connectivity index (χ4v) is 2.16. The Hall–Kier alpha value is -2.82. The van der Waals surface area contributed by atoms with E-state index in [1.807, 2.05) is 56.3 Å². The third-order valence-electron chi connectivity index (χ3n) is 3.44. The normalized spacial score (nSPS) is 10.6. The van der Waals surface area contributed by atoms with Crippen molar-refractivity contribution in [3.63, 3.8) is 0 Å². The average molecular weight is 310 g/mol. The molecular weight excluding hydrogens is 292 g/mol. The van der Waals surface area contributed by atoms with Gasteiger partial charge in [0.15, 0.2) is 18.1 Å². The molecular formula is C18H18N2O3. The molecule has 0 atom stereocenters. The van der Waals surface area contributed by atoms with Crippen molar-refractivity contribution in [2.24, 2.45) is 0 Å². The summed E-state index contributed by atoms with van der Waals surface area (Å²) in [7, 11) is 1.61. The first-order chi connectivity index (χ1) is 11.2. The molecule has 1 aromatic heterocycles. The van der Waals surface area contributed by atoms with Crippen LogP contribution in [-0.4, -0.2) is 17.3 Å². The van der Waals surface area contributed by atoms with Crippen LogP contribution in [-0.2, 0) is 6.61 Å². The fraction of sp³-hybridized carbons (Fsp3) is 0.222. The van der Waals surface area contributed by atoms with Crippen molar-refractivity contribution in [3.05, 3.63) is 59.5 Å². The van der Waals surface area contributed by atoms with Gasteiger partial charge in [0.05, 0.1) is 7.11 Å². The molecule has 2 aromatic carbocycles. The van der Waals surface area contributed by atoms with Crippen LogP contribution >= 0.6 is 0 Å². The van der Waals surface area contributed by atoms with Crippen LogP contribution in [0.15, 0.2) is 46.9 Å². The van der Waals surface area contributed by atoms with Crippen LogP contribution in [0.5, 0.6) is 11.5 Å². The van der Waals surface area contributed by atoms with E-state index < -0.39 is 0 Å². The molecule has 0 spiro atoms. The molecule has 0 radical (unpaired) electrons. The molecule has 0 fully saturated rings. The third kappa shape index (κ3) is 3.51. The molecule has 0 saturated carbocycles. The van der Waals surface area contributed by atoms with Crippen molar-refractivity contribution in [2.75, 3.05) is 7.11 Å². The highest BCUT2D eigenvalue weighted by molar-refractivity contribution is 5.52. The van der Waals surface area contributed by atoms with Gasteiger partial charge in [0.2, 0.25) is 5.89 Å². The van der Waals surface area contributed by atoms with Crippen LogP contribution in [0.25, 0.3) is 11.5 Å². The van der Waals surface area contributed by atoms with Gasteiger partial charge in [0, 0.05) is 5.56 Å². The molecule has 1 heterocycles. The molecule has 5 nitrogen and oxygen atoms in total. The van der Waals surface area contributed by atoms with E-state index in [0.29, 0.717) is 23.3 Å². The summed E-state index contributed by atoms with van der Waals surface area (Å²) in [4.78, 5) is 0. The highest BCUT2D eigenvalue weighted by Crippen LogP contribution is 2.28. The Labute approximate surface area is 134 Å². The summed E-state index contributed by atoms with van der Waals surface area (Å²) in [6.45, 7) is 4.22. The molecule has 0 aliphatic rings. The van der Waals surface area contributed by atoms with E-state index >= 15 is 0 Å². The highest BCUT2D eigenvalue weighted by Gasteiger charge is 2.11. The smallest absolute Gasteiger partial charge is 0.254 e. The lowest BCUT2D eigenvalue weighted by atomic mass is 10.1. The molecule has 5 heteroatoms. The number of benzene rings is 2. The second-order valence-electron chi connectivity index (χ2n) is 5.31. The van der Waals surface area contributed by atoms with Crippen LogP contribution in [0, 0.1) is 13.8 Å². The molecule has 0 aliphatic carbocycles. The molecule has 0 bridgehead atoms. The summed E-state index contributed by atoms with van der Waals surface area (Å²) in [6, 6.07) is 13.7. The minimum atomic E-state index is 0.193. The third-order valence-corrected chi connectivity index (χ3v) is 3.44. The van der Waals surface area contributed by atoms with E-state index in [1.54, 1.807) is 7.11 Å². The standard InChI is InChI=1S/C18H18N2O3/c1-12-4-7-14(8-5-12)18-20-19-17(23-18)11-22-15-9-6-13(2)10-16(15)21-3/h4-10H,11H2,1-3H3. The first-order valence-corrected chi connectivity index (χ1v) is 7.32. The van der Waals surface area contributed by atoms with Gasteiger partial charge in [0.1, 0.15) is 0 Å². The van der Waals surface area contributed by atoms with Gasteiger partial charge < -0.3 is 13.9 Å². The number of rotatable bonds is 5. The van der Waals surface area contributed by atoms with Crippen molar-refractivity contribution >= 4 is 0 Å².